The number of aliphatic hydroxyl groups is 1. The lowest BCUT2D eigenvalue weighted by atomic mass is 10.0. The highest BCUT2D eigenvalue weighted by Crippen LogP contribution is 2.22. The summed E-state index contributed by atoms with van der Waals surface area (Å²) >= 11 is 0. The molecule has 0 amide bonds. The van der Waals surface area contributed by atoms with Crippen molar-refractivity contribution in [3.8, 4) is 5.75 Å². The van der Waals surface area contributed by atoms with E-state index < -0.39 is 0 Å². The normalized spacial score (nSPS) is 16.1. The molecule has 3 nitrogen and oxygen atoms in total. The van der Waals surface area contributed by atoms with Crippen molar-refractivity contribution in [2.75, 3.05) is 7.11 Å². The Morgan fingerprint density at radius 1 is 1.33 bits per heavy atom. The third-order valence-corrected chi connectivity index (χ3v) is 2.90. The van der Waals surface area contributed by atoms with Crippen molar-refractivity contribution in [3.63, 3.8) is 0 Å². The largest absolute Gasteiger partial charge is 0.497 e. The van der Waals surface area contributed by atoms with E-state index in [1.54, 1.807) is 19.1 Å². The Labute approximate surface area is 108 Å². The SMILES string of the molecule is COc1ccc(C(C)NC(C)CC(C)O)c(F)c1. The minimum Gasteiger partial charge on any atom is -0.497 e. The number of hydrogen-bond donors (Lipinski definition) is 2. The maximum absolute atomic E-state index is 13.8. The molecule has 2 N–H and O–H groups in total. The number of aliphatic hydroxyl groups excluding tert-OH is 1. The number of ether oxygens (including phenoxy) is 1. The topological polar surface area (TPSA) is 41.5 Å². The van der Waals surface area contributed by atoms with Gasteiger partial charge in [0.15, 0.2) is 0 Å². The van der Waals surface area contributed by atoms with Crippen molar-refractivity contribution in [1.82, 2.24) is 5.32 Å². The van der Waals surface area contributed by atoms with E-state index in [4.69, 9.17) is 4.74 Å². The summed E-state index contributed by atoms with van der Waals surface area (Å²) in [5, 5.41) is 12.6. The third kappa shape index (κ3) is 4.27. The van der Waals surface area contributed by atoms with Gasteiger partial charge in [0.2, 0.25) is 0 Å². The molecular weight excluding hydrogens is 233 g/mol. The highest BCUT2D eigenvalue weighted by atomic mass is 19.1. The molecule has 0 saturated carbocycles. The van der Waals surface area contributed by atoms with Crippen LogP contribution in [0.1, 0.15) is 38.8 Å². The highest BCUT2D eigenvalue weighted by Gasteiger charge is 2.15. The fourth-order valence-electron chi connectivity index (χ4n) is 2.08. The van der Waals surface area contributed by atoms with Gasteiger partial charge in [-0.1, -0.05) is 6.07 Å². The van der Waals surface area contributed by atoms with Crippen LogP contribution in [0.5, 0.6) is 5.75 Å². The van der Waals surface area contributed by atoms with Gasteiger partial charge >= 0.3 is 0 Å². The van der Waals surface area contributed by atoms with Gasteiger partial charge in [-0.05, 0) is 33.3 Å². The van der Waals surface area contributed by atoms with Crippen molar-refractivity contribution in [3.05, 3.63) is 29.6 Å². The monoisotopic (exact) mass is 255 g/mol. The summed E-state index contributed by atoms with van der Waals surface area (Å²) < 4.78 is 18.8. The first-order chi connectivity index (χ1) is 8.43. The molecule has 0 aromatic heterocycles. The Kier molecular flexibility index (Phi) is 5.56. The lowest BCUT2D eigenvalue weighted by Crippen LogP contribution is -2.31. The number of hydrogen-bond acceptors (Lipinski definition) is 3. The molecular formula is C14H22FNO2. The first-order valence-corrected chi connectivity index (χ1v) is 6.21. The van der Waals surface area contributed by atoms with E-state index >= 15 is 0 Å². The molecule has 1 rings (SSSR count). The van der Waals surface area contributed by atoms with Crippen LogP contribution in [-0.2, 0) is 0 Å². The van der Waals surface area contributed by atoms with Crippen molar-refractivity contribution in [2.45, 2.75) is 45.4 Å². The van der Waals surface area contributed by atoms with Crippen LogP contribution in [0.15, 0.2) is 18.2 Å². The van der Waals surface area contributed by atoms with Crippen molar-refractivity contribution in [1.29, 1.82) is 0 Å². The molecule has 0 spiro atoms. The van der Waals surface area contributed by atoms with Crippen LogP contribution >= 0.6 is 0 Å². The van der Waals surface area contributed by atoms with Gasteiger partial charge in [-0.3, -0.25) is 0 Å². The molecule has 0 aliphatic heterocycles. The Morgan fingerprint density at radius 3 is 2.50 bits per heavy atom. The van der Waals surface area contributed by atoms with E-state index in [-0.39, 0.29) is 24.0 Å². The van der Waals surface area contributed by atoms with Crippen LogP contribution in [0.2, 0.25) is 0 Å². The van der Waals surface area contributed by atoms with E-state index in [1.807, 2.05) is 13.8 Å². The number of rotatable bonds is 6. The van der Waals surface area contributed by atoms with Crippen LogP contribution in [0.3, 0.4) is 0 Å². The fourth-order valence-corrected chi connectivity index (χ4v) is 2.08. The summed E-state index contributed by atoms with van der Waals surface area (Å²) in [6, 6.07) is 4.87. The summed E-state index contributed by atoms with van der Waals surface area (Å²) in [6.07, 6.45) is 0.280. The highest BCUT2D eigenvalue weighted by molar-refractivity contribution is 5.30. The summed E-state index contributed by atoms with van der Waals surface area (Å²) in [7, 11) is 1.51. The Hall–Kier alpha value is -1.13. The minimum absolute atomic E-state index is 0.107. The molecule has 0 fully saturated rings. The minimum atomic E-state index is -0.361. The molecule has 0 heterocycles. The molecule has 1 aromatic carbocycles. The van der Waals surface area contributed by atoms with Gasteiger partial charge in [0, 0.05) is 23.7 Å². The second kappa shape index (κ2) is 6.71. The van der Waals surface area contributed by atoms with E-state index in [0.29, 0.717) is 17.7 Å². The van der Waals surface area contributed by atoms with Gasteiger partial charge in [0.1, 0.15) is 11.6 Å². The number of halogens is 1. The van der Waals surface area contributed by atoms with E-state index in [2.05, 4.69) is 5.32 Å². The van der Waals surface area contributed by atoms with Crippen molar-refractivity contribution < 1.29 is 14.2 Å². The fraction of sp³-hybridized carbons (Fsp3) is 0.571. The van der Waals surface area contributed by atoms with Gasteiger partial charge in [0.25, 0.3) is 0 Å². The Balaban J connectivity index is 2.69. The van der Waals surface area contributed by atoms with E-state index in [9.17, 15) is 9.50 Å². The number of methoxy groups -OCH3 is 1. The molecule has 0 aliphatic carbocycles. The molecule has 0 bridgehead atoms. The molecule has 4 heteroatoms. The molecule has 1 aromatic rings. The van der Waals surface area contributed by atoms with Gasteiger partial charge in [-0.15, -0.1) is 0 Å². The molecule has 0 radical (unpaired) electrons. The average molecular weight is 255 g/mol. The maximum Gasteiger partial charge on any atom is 0.131 e. The van der Waals surface area contributed by atoms with Gasteiger partial charge < -0.3 is 15.2 Å². The summed E-state index contributed by atoms with van der Waals surface area (Å²) in [6.45, 7) is 5.63. The second-order valence-corrected chi connectivity index (χ2v) is 4.76. The quantitative estimate of drug-likeness (QED) is 0.821. The predicted molar refractivity (Wildman–Crippen MR) is 70.3 cm³/mol. The van der Waals surface area contributed by atoms with Gasteiger partial charge in [0.05, 0.1) is 13.2 Å². The van der Waals surface area contributed by atoms with E-state index in [0.717, 1.165) is 0 Å². The molecule has 18 heavy (non-hydrogen) atoms. The molecule has 3 atom stereocenters. The first kappa shape index (κ1) is 14.9. The lowest BCUT2D eigenvalue weighted by Gasteiger charge is -2.22. The number of nitrogens with one attached hydrogen (secondary N) is 1. The van der Waals surface area contributed by atoms with E-state index in [1.165, 1.54) is 13.2 Å². The Bertz CT molecular complexity index is 382. The summed E-state index contributed by atoms with van der Waals surface area (Å²) in [5.41, 5.74) is 0.605. The van der Waals surface area contributed by atoms with Crippen LogP contribution in [0, 0.1) is 5.82 Å². The van der Waals surface area contributed by atoms with Crippen molar-refractivity contribution in [2.24, 2.45) is 0 Å². The molecule has 0 saturated heterocycles. The summed E-state index contributed by atoms with van der Waals surface area (Å²) in [4.78, 5) is 0. The maximum atomic E-state index is 13.8. The molecule has 102 valence electrons. The predicted octanol–water partition coefficient (Wildman–Crippen LogP) is 2.64. The van der Waals surface area contributed by atoms with Crippen LogP contribution in [0.25, 0.3) is 0 Å². The zero-order chi connectivity index (χ0) is 13.7. The van der Waals surface area contributed by atoms with Crippen LogP contribution in [-0.4, -0.2) is 24.4 Å². The van der Waals surface area contributed by atoms with Crippen LogP contribution in [0.4, 0.5) is 4.39 Å². The smallest absolute Gasteiger partial charge is 0.131 e. The first-order valence-electron chi connectivity index (χ1n) is 6.21. The Morgan fingerprint density at radius 2 is 2.00 bits per heavy atom. The van der Waals surface area contributed by atoms with Crippen molar-refractivity contribution >= 4 is 0 Å². The second-order valence-electron chi connectivity index (χ2n) is 4.76. The molecule has 3 unspecified atom stereocenters. The zero-order valence-corrected chi connectivity index (χ0v) is 11.4. The third-order valence-electron chi connectivity index (χ3n) is 2.90. The standard InChI is InChI=1S/C14H22FNO2/c1-9(7-10(2)17)16-11(3)13-6-5-12(18-4)8-14(13)15/h5-6,8-11,16-17H,7H2,1-4H3. The summed E-state index contributed by atoms with van der Waals surface area (Å²) in [5.74, 6) is 0.235. The van der Waals surface area contributed by atoms with Gasteiger partial charge in [-0.2, -0.15) is 0 Å². The van der Waals surface area contributed by atoms with Gasteiger partial charge in [-0.25, -0.2) is 4.39 Å². The zero-order valence-electron chi connectivity index (χ0n) is 11.4. The number of benzene rings is 1. The average Bonchev–Trinajstić information content (AvgIpc) is 2.27. The molecule has 0 aliphatic rings. The van der Waals surface area contributed by atoms with Crippen LogP contribution < -0.4 is 10.1 Å². The lowest BCUT2D eigenvalue weighted by molar-refractivity contribution is 0.168.